The Morgan fingerprint density at radius 3 is 2.36 bits per heavy atom. The van der Waals surface area contributed by atoms with E-state index in [0.29, 0.717) is 11.1 Å². The Morgan fingerprint density at radius 1 is 0.970 bits per heavy atom. The maximum atomic E-state index is 12.0. The van der Waals surface area contributed by atoms with E-state index in [0.717, 1.165) is 18.2 Å². The highest BCUT2D eigenvalue weighted by Gasteiger charge is 2.22. The Labute approximate surface area is 187 Å². The Kier molecular flexibility index (Phi) is 7.27. The van der Waals surface area contributed by atoms with Crippen LogP contribution in [0.15, 0.2) is 71.8 Å². The fraction of sp³-hybridized carbons (Fsp3) is 0.0909. The minimum absolute atomic E-state index is 0.166. The molecule has 1 amide bonds. The van der Waals surface area contributed by atoms with Gasteiger partial charge in [0.25, 0.3) is 11.6 Å². The number of carbonyl (C=O) groups excluding carboxylic acids is 1. The first kappa shape index (κ1) is 22.9. The average Bonchev–Trinajstić information content (AvgIpc) is 2.81. The number of nitro benzene ring substituents is 2. The molecule has 3 aromatic rings. The summed E-state index contributed by atoms with van der Waals surface area (Å²) >= 11 is 0. The molecule has 11 heteroatoms. The number of rotatable bonds is 9. The number of ether oxygens (including phenoxy) is 2. The first-order valence-corrected chi connectivity index (χ1v) is 9.65. The van der Waals surface area contributed by atoms with Crippen LogP contribution >= 0.6 is 0 Å². The molecule has 11 nitrogen and oxygen atoms in total. The second-order valence-electron chi connectivity index (χ2n) is 6.47. The Hall–Kier alpha value is -4.80. The third-order valence-electron chi connectivity index (χ3n) is 4.25. The van der Waals surface area contributed by atoms with Gasteiger partial charge in [-0.2, -0.15) is 5.10 Å². The number of benzene rings is 3. The number of nitrogens with one attached hydrogen (secondary N) is 1. The molecule has 0 bridgehead atoms. The number of hydrogen-bond donors (Lipinski definition) is 1. The summed E-state index contributed by atoms with van der Waals surface area (Å²) in [5.41, 5.74) is 2.46. The topological polar surface area (TPSA) is 146 Å². The monoisotopic (exact) mass is 450 g/mol. The van der Waals surface area contributed by atoms with Crippen LogP contribution in [0.3, 0.4) is 0 Å². The van der Waals surface area contributed by atoms with Crippen molar-refractivity contribution < 1.29 is 24.1 Å². The predicted molar refractivity (Wildman–Crippen MR) is 119 cm³/mol. The van der Waals surface area contributed by atoms with Gasteiger partial charge < -0.3 is 9.47 Å². The normalized spacial score (nSPS) is 10.6. The molecule has 33 heavy (non-hydrogen) atoms. The van der Waals surface area contributed by atoms with Gasteiger partial charge >= 0.3 is 5.69 Å². The summed E-state index contributed by atoms with van der Waals surface area (Å²) in [6, 6.07) is 16.4. The zero-order valence-corrected chi connectivity index (χ0v) is 17.3. The molecule has 3 rings (SSSR count). The molecule has 0 saturated carbocycles. The van der Waals surface area contributed by atoms with E-state index in [2.05, 4.69) is 10.5 Å². The summed E-state index contributed by atoms with van der Waals surface area (Å²) in [7, 11) is 0. The van der Waals surface area contributed by atoms with Crippen LogP contribution in [0.2, 0.25) is 0 Å². The van der Waals surface area contributed by atoms with E-state index in [1.54, 1.807) is 49.4 Å². The van der Waals surface area contributed by atoms with Crippen molar-refractivity contribution in [3.63, 3.8) is 0 Å². The highest BCUT2D eigenvalue weighted by atomic mass is 16.6. The number of nitrogens with zero attached hydrogens (tertiary/aromatic N) is 3. The molecule has 0 heterocycles. The van der Waals surface area contributed by atoms with Crippen molar-refractivity contribution in [2.75, 3.05) is 6.61 Å². The molecule has 1 N–H and O–H groups in total. The van der Waals surface area contributed by atoms with E-state index in [4.69, 9.17) is 9.47 Å². The van der Waals surface area contributed by atoms with Gasteiger partial charge in [-0.15, -0.1) is 0 Å². The zero-order valence-electron chi connectivity index (χ0n) is 17.3. The molecule has 0 aliphatic heterocycles. The lowest BCUT2D eigenvalue weighted by Gasteiger charge is -2.12. The third-order valence-corrected chi connectivity index (χ3v) is 4.25. The highest BCUT2D eigenvalue weighted by Crippen LogP contribution is 2.38. The third kappa shape index (κ3) is 5.88. The van der Waals surface area contributed by atoms with Crippen molar-refractivity contribution in [1.29, 1.82) is 0 Å². The zero-order chi connectivity index (χ0) is 23.8. The second-order valence-corrected chi connectivity index (χ2v) is 6.47. The summed E-state index contributed by atoms with van der Waals surface area (Å²) in [6.45, 7) is 2.03. The summed E-state index contributed by atoms with van der Waals surface area (Å²) in [5, 5.41) is 26.2. The van der Waals surface area contributed by atoms with Gasteiger partial charge in [-0.25, -0.2) is 5.43 Å². The van der Waals surface area contributed by atoms with E-state index in [1.165, 1.54) is 12.3 Å². The van der Waals surface area contributed by atoms with Gasteiger partial charge in [-0.1, -0.05) is 18.2 Å². The standard InChI is InChI=1S/C22H18N4O7/c1-2-32-21-12-15(14-23-24-22(27)16-6-4-3-5-7-16)8-10-20(21)33-19-11-9-17(25(28)29)13-18(19)26(30)31/h3-14H,2H2,1H3,(H,24,27)/b23-14-. The van der Waals surface area contributed by atoms with Gasteiger partial charge in [-0.3, -0.25) is 25.0 Å². The molecule has 0 unspecified atom stereocenters. The molecule has 0 spiro atoms. The lowest BCUT2D eigenvalue weighted by Crippen LogP contribution is -2.17. The lowest BCUT2D eigenvalue weighted by molar-refractivity contribution is -0.394. The molecule has 0 radical (unpaired) electrons. The first-order chi connectivity index (χ1) is 15.9. The molecule has 0 aliphatic carbocycles. The van der Waals surface area contributed by atoms with Gasteiger partial charge in [-0.05, 0) is 48.9 Å². The first-order valence-electron chi connectivity index (χ1n) is 9.65. The van der Waals surface area contributed by atoms with E-state index >= 15 is 0 Å². The van der Waals surface area contributed by atoms with Crippen molar-refractivity contribution in [1.82, 2.24) is 5.43 Å². The fourth-order valence-electron chi connectivity index (χ4n) is 2.74. The predicted octanol–water partition coefficient (Wildman–Crippen LogP) is 4.46. The minimum Gasteiger partial charge on any atom is -0.490 e. The molecule has 0 aromatic heterocycles. The van der Waals surface area contributed by atoms with Crippen LogP contribution in [0, 0.1) is 20.2 Å². The van der Waals surface area contributed by atoms with Crippen LogP contribution in [-0.4, -0.2) is 28.6 Å². The van der Waals surface area contributed by atoms with Crippen LogP contribution in [0.5, 0.6) is 17.2 Å². The van der Waals surface area contributed by atoms with Gasteiger partial charge in [0.05, 0.1) is 28.7 Å². The van der Waals surface area contributed by atoms with Crippen LogP contribution in [0.25, 0.3) is 0 Å². The SMILES string of the molecule is CCOc1cc(/C=N\NC(=O)c2ccccc2)ccc1Oc1ccc([N+](=O)[O-])cc1[N+](=O)[O-]. The van der Waals surface area contributed by atoms with E-state index in [1.807, 2.05) is 0 Å². The number of nitro groups is 2. The lowest BCUT2D eigenvalue weighted by atomic mass is 10.2. The molecular weight excluding hydrogens is 432 g/mol. The fourth-order valence-corrected chi connectivity index (χ4v) is 2.74. The maximum Gasteiger partial charge on any atom is 0.318 e. The van der Waals surface area contributed by atoms with Gasteiger partial charge in [0, 0.05) is 11.6 Å². The Balaban J connectivity index is 1.81. The summed E-state index contributed by atoms with van der Waals surface area (Å²) < 4.78 is 11.2. The Bertz CT molecular complexity index is 1210. The van der Waals surface area contributed by atoms with E-state index < -0.39 is 21.2 Å². The van der Waals surface area contributed by atoms with Crippen molar-refractivity contribution in [2.45, 2.75) is 6.92 Å². The molecule has 0 saturated heterocycles. The minimum atomic E-state index is -0.765. The van der Waals surface area contributed by atoms with Crippen LogP contribution in [0.4, 0.5) is 11.4 Å². The van der Waals surface area contributed by atoms with Gasteiger partial charge in [0.2, 0.25) is 5.75 Å². The summed E-state index contributed by atoms with van der Waals surface area (Å²) in [5.74, 6) is -0.117. The number of non-ortho nitro benzene ring substituents is 1. The number of amides is 1. The van der Waals surface area contributed by atoms with Gasteiger partial charge in [0.1, 0.15) is 0 Å². The molecule has 0 fully saturated rings. The van der Waals surface area contributed by atoms with Crippen molar-refractivity contribution in [3.8, 4) is 17.2 Å². The number of hydrazone groups is 1. The maximum absolute atomic E-state index is 12.0. The molecular formula is C22H18N4O7. The molecule has 168 valence electrons. The summed E-state index contributed by atoms with van der Waals surface area (Å²) in [4.78, 5) is 32.8. The highest BCUT2D eigenvalue weighted by molar-refractivity contribution is 5.94. The second kappa shape index (κ2) is 10.5. The van der Waals surface area contributed by atoms with Crippen LogP contribution < -0.4 is 14.9 Å². The quantitative estimate of drug-likeness (QED) is 0.288. The smallest absolute Gasteiger partial charge is 0.318 e. The summed E-state index contributed by atoms with van der Waals surface area (Å²) in [6.07, 6.45) is 1.40. The van der Waals surface area contributed by atoms with E-state index in [-0.39, 0.29) is 29.8 Å². The van der Waals surface area contributed by atoms with Crippen molar-refractivity contribution in [3.05, 3.63) is 98.1 Å². The van der Waals surface area contributed by atoms with Crippen LogP contribution in [0.1, 0.15) is 22.8 Å². The largest absolute Gasteiger partial charge is 0.490 e. The van der Waals surface area contributed by atoms with E-state index in [9.17, 15) is 25.0 Å². The molecule has 3 aromatic carbocycles. The number of carbonyl (C=O) groups is 1. The van der Waals surface area contributed by atoms with Crippen LogP contribution in [-0.2, 0) is 0 Å². The molecule has 0 atom stereocenters. The Morgan fingerprint density at radius 2 is 1.70 bits per heavy atom. The van der Waals surface area contributed by atoms with Gasteiger partial charge in [0.15, 0.2) is 11.5 Å². The van der Waals surface area contributed by atoms with Crippen molar-refractivity contribution >= 4 is 23.5 Å². The van der Waals surface area contributed by atoms with Crippen molar-refractivity contribution in [2.24, 2.45) is 5.10 Å². The number of hydrogen-bond acceptors (Lipinski definition) is 8. The average molecular weight is 450 g/mol. The molecule has 0 aliphatic rings.